The first kappa shape index (κ1) is 22.1. The van der Waals surface area contributed by atoms with Gasteiger partial charge in [-0.15, -0.1) is 6.58 Å². The van der Waals surface area contributed by atoms with Gasteiger partial charge in [-0.2, -0.15) is 12.6 Å². The van der Waals surface area contributed by atoms with Crippen LogP contribution in [0.5, 0.6) is 0 Å². The maximum absolute atomic E-state index is 13.0. The summed E-state index contributed by atoms with van der Waals surface area (Å²) in [6.07, 6.45) is 4.03. The average molecular weight is 398 g/mol. The van der Waals surface area contributed by atoms with Crippen molar-refractivity contribution in [3.8, 4) is 0 Å². The molecule has 1 heterocycles. The number of amides is 2. The van der Waals surface area contributed by atoms with Gasteiger partial charge in [0.25, 0.3) is 0 Å². The van der Waals surface area contributed by atoms with Crippen LogP contribution in [0.15, 0.2) is 12.7 Å². The monoisotopic (exact) mass is 397 g/mol. The zero-order chi connectivity index (χ0) is 20.2. The molecule has 4 atom stereocenters. The number of hydrogen-bond donors (Lipinski definition) is 1. The Morgan fingerprint density at radius 1 is 1.30 bits per heavy atom. The van der Waals surface area contributed by atoms with Crippen molar-refractivity contribution >= 4 is 24.6 Å². The van der Waals surface area contributed by atoms with Crippen LogP contribution in [-0.4, -0.2) is 82.4 Å². The van der Waals surface area contributed by atoms with Crippen molar-refractivity contribution in [3.05, 3.63) is 12.7 Å². The molecule has 0 aromatic heterocycles. The van der Waals surface area contributed by atoms with E-state index in [0.717, 1.165) is 32.4 Å². The molecule has 7 heteroatoms. The first-order chi connectivity index (χ1) is 12.8. The lowest BCUT2D eigenvalue weighted by Gasteiger charge is -2.46. The first-order valence-corrected chi connectivity index (χ1v) is 10.5. The summed E-state index contributed by atoms with van der Waals surface area (Å²) in [5.74, 6) is 0.113. The lowest BCUT2D eigenvalue weighted by atomic mass is 10.0. The number of hydrogen-bond acceptors (Lipinski definition) is 5. The van der Waals surface area contributed by atoms with E-state index in [9.17, 15) is 9.59 Å². The van der Waals surface area contributed by atoms with Crippen molar-refractivity contribution < 1.29 is 14.3 Å². The van der Waals surface area contributed by atoms with Crippen molar-refractivity contribution in [2.24, 2.45) is 0 Å². The molecule has 2 aliphatic rings. The zero-order valence-electron chi connectivity index (χ0n) is 17.2. The fraction of sp³-hybridized carbons (Fsp3) is 0.800. The molecule has 0 aromatic rings. The Labute approximate surface area is 169 Å². The van der Waals surface area contributed by atoms with Crippen LogP contribution in [0.1, 0.15) is 47.0 Å². The number of carbonyl (C=O) groups excluding carboxylic acids is 2. The van der Waals surface area contributed by atoms with Gasteiger partial charge in [-0.05, 0) is 47.0 Å². The fourth-order valence-corrected chi connectivity index (χ4v) is 5.01. The molecule has 0 aromatic carbocycles. The van der Waals surface area contributed by atoms with Gasteiger partial charge in [-0.1, -0.05) is 6.08 Å². The molecule has 2 amide bonds. The van der Waals surface area contributed by atoms with Gasteiger partial charge in [0.2, 0.25) is 5.91 Å². The van der Waals surface area contributed by atoms with E-state index in [2.05, 4.69) is 25.3 Å². The van der Waals surface area contributed by atoms with Gasteiger partial charge in [-0.25, -0.2) is 4.79 Å². The third kappa shape index (κ3) is 4.80. The van der Waals surface area contributed by atoms with Crippen molar-refractivity contribution in [1.82, 2.24) is 14.7 Å². The highest BCUT2D eigenvalue weighted by Gasteiger charge is 2.47. The number of likely N-dealkylation sites (N-methyl/N-ethyl adjacent to an activating group) is 1. The maximum Gasteiger partial charge on any atom is 0.410 e. The first-order valence-electron chi connectivity index (χ1n) is 10.1. The van der Waals surface area contributed by atoms with Crippen molar-refractivity contribution in [1.29, 1.82) is 0 Å². The summed E-state index contributed by atoms with van der Waals surface area (Å²) in [7, 11) is 0. The molecular weight excluding hydrogens is 362 g/mol. The maximum atomic E-state index is 13.0. The highest BCUT2D eigenvalue weighted by atomic mass is 32.1. The number of carbonyl (C=O) groups is 2. The molecule has 27 heavy (non-hydrogen) atoms. The number of thiol groups is 1. The Bertz CT molecular complexity index is 547. The van der Waals surface area contributed by atoms with E-state index >= 15 is 0 Å². The second kappa shape index (κ2) is 9.32. The molecule has 2 fully saturated rings. The van der Waals surface area contributed by atoms with E-state index in [1.54, 1.807) is 6.08 Å². The molecule has 0 N–H and O–H groups in total. The minimum Gasteiger partial charge on any atom is -0.450 e. The normalized spacial score (nSPS) is 31.6. The van der Waals surface area contributed by atoms with Crippen LogP contribution >= 0.6 is 12.6 Å². The Morgan fingerprint density at radius 3 is 2.44 bits per heavy atom. The molecule has 1 aliphatic carbocycles. The Morgan fingerprint density at radius 2 is 1.93 bits per heavy atom. The van der Waals surface area contributed by atoms with E-state index < -0.39 is 4.75 Å². The third-order valence-corrected chi connectivity index (χ3v) is 6.42. The molecule has 2 rings (SSSR count). The Balaban J connectivity index is 2.02. The minimum absolute atomic E-state index is 0.0892. The van der Waals surface area contributed by atoms with Crippen LogP contribution in [0.4, 0.5) is 4.79 Å². The van der Waals surface area contributed by atoms with E-state index in [0.29, 0.717) is 25.7 Å². The van der Waals surface area contributed by atoms with Crippen LogP contribution in [0.2, 0.25) is 0 Å². The summed E-state index contributed by atoms with van der Waals surface area (Å²) in [5.41, 5.74) is 0. The largest absolute Gasteiger partial charge is 0.450 e. The van der Waals surface area contributed by atoms with Crippen LogP contribution in [0.25, 0.3) is 0 Å². The number of rotatable bonds is 6. The lowest BCUT2D eigenvalue weighted by molar-refractivity contribution is -0.133. The van der Waals surface area contributed by atoms with Crippen LogP contribution in [-0.2, 0) is 9.53 Å². The summed E-state index contributed by atoms with van der Waals surface area (Å²) >= 11 is 4.83. The summed E-state index contributed by atoms with van der Waals surface area (Å²) in [6, 6.07) is 0.501. The van der Waals surface area contributed by atoms with Crippen LogP contribution in [0, 0.1) is 0 Å². The molecular formula is C20H35N3O3S. The topological polar surface area (TPSA) is 53.1 Å². The van der Waals surface area contributed by atoms with Gasteiger partial charge in [0.05, 0.1) is 11.4 Å². The molecule has 1 saturated carbocycles. The van der Waals surface area contributed by atoms with Gasteiger partial charge in [0.1, 0.15) is 0 Å². The quantitative estimate of drug-likeness (QED) is 0.553. The molecule has 0 spiro atoms. The highest BCUT2D eigenvalue weighted by Crippen LogP contribution is 2.40. The second-order valence-electron chi connectivity index (χ2n) is 7.82. The molecule has 1 saturated heterocycles. The number of piperazine rings is 1. The van der Waals surface area contributed by atoms with E-state index in [1.807, 2.05) is 23.6 Å². The second-order valence-corrected chi connectivity index (χ2v) is 8.67. The van der Waals surface area contributed by atoms with Gasteiger partial charge >= 0.3 is 6.09 Å². The number of nitrogens with zero attached hydrogens (tertiary/aromatic N) is 3. The molecule has 3 unspecified atom stereocenters. The minimum atomic E-state index is -0.603. The van der Waals surface area contributed by atoms with Gasteiger partial charge in [0, 0.05) is 44.3 Å². The molecule has 0 bridgehead atoms. The molecule has 154 valence electrons. The van der Waals surface area contributed by atoms with Crippen LogP contribution in [0.3, 0.4) is 0 Å². The van der Waals surface area contributed by atoms with E-state index in [4.69, 9.17) is 17.4 Å². The fourth-order valence-electron chi connectivity index (χ4n) is 4.53. The standard InChI is InChI=1S/C20H35N3O3S/c1-6-11-21(7-2)18(24)20(27)10-9-17(12-20)22-13-15(4)23(16(5)14-22)19(25)26-8-3/h6,15-17,27H,1,7-14H2,2-5H3/t15?,16?,17?,20-/m1/s1. The Kier molecular flexibility index (Phi) is 7.63. The molecule has 1 aliphatic heterocycles. The predicted molar refractivity (Wildman–Crippen MR) is 111 cm³/mol. The van der Waals surface area contributed by atoms with Crippen LogP contribution < -0.4 is 0 Å². The average Bonchev–Trinajstić information content (AvgIpc) is 3.02. The smallest absolute Gasteiger partial charge is 0.410 e. The van der Waals surface area contributed by atoms with Crippen molar-refractivity contribution in [3.63, 3.8) is 0 Å². The third-order valence-electron chi connectivity index (χ3n) is 5.82. The molecule has 6 nitrogen and oxygen atoms in total. The summed E-state index contributed by atoms with van der Waals surface area (Å²) in [4.78, 5) is 31.3. The van der Waals surface area contributed by atoms with E-state index in [-0.39, 0.29) is 24.1 Å². The lowest BCUT2D eigenvalue weighted by Crippen LogP contribution is -2.60. The van der Waals surface area contributed by atoms with Gasteiger partial charge in [0.15, 0.2) is 0 Å². The molecule has 0 radical (unpaired) electrons. The van der Waals surface area contributed by atoms with Gasteiger partial charge in [-0.3, -0.25) is 9.69 Å². The summed E-state index contributed by atoms with van der Waals surface area (Å²) in [5, 5.41) is 0. The predicted octanol–water partition coefficient (Wildman–Crippen LogP) is 2.79. The van der Waals surface area contributed by atoms with Gasteiger partial charge < -0.3 is 14.5 Å². The highest BCUT2D eigenvalue weighted by molar-refractivity contribution is 7.82. The number of ether oxygens (including phenoxy) is 1. The van der Waals surface area contributed by atoms with Crippen molar-refractivity contribution in [2.75, 3.05) is 32.8 Å². The summed E-state index contributed by atoms with van der Waals surface area (Å²) in [6.45, 7) is 14.9. The van der Waals surface area contributed by atoms with Crippen molar-refractivity contribution in [2.45, 2.75) is 69.8 Å². The zero-order valence-corrected chi connectivity index (χ0v) is 18.1. The SMILES string of the molecule is C=CCN(CC)C(=O)[C@@]1(S)CCC(N2CC(C)N(C(=O)OCC)C(C)C2)C1. The Hall–Kier alpha value is -1.21. The summed E-state index contributed by atoms with van der Waals surface area (Å²) < 4.78 is 4.60. The van der Waals surface area contributed by atoms with E-state index in [1.165, 1.54) is 0 Å².